The Morgan fingerprint density at radius 3 is 2.28 bits per heavy atom. The molecule has 0 spiro atoms. The van der Waals surface area contributed by atoms with Gasteiger partial charge in [-0.3, -0.25) is 0 Å². The van der Waals surface area contributed by atoms with Gasteiger partial charge in [0.1, 0.15) is 5.75 Å². The zero-order valence-electron chi connectivity index (χ0n) is 21.2. The minimum atomic E-state index is -1.78. The van der Waals surface area contributed by atoms with E-state index in [1.54, 1.807) is 7.11 Å². The highest BCUT2D eigenvalue weighted by molar-refractivity contribution is 6.73. The van der Waals surface area contributed by atoms with Crippen LogP contribution in [0, 0.1) is 17.8 Å². The summed E-state index contributed by atoms with van der Waals surface area (Å²) in [5, 5.41) is 0. The first-order chi connectivity index (χ1) is 15.3. The minimum absolute atomic E-state index is 0.0534. The second-order valence-corrected chi connectivity index (χ2v) is 13.9. The van der Waals surface area contributed by atoms with Gasteiger partial charge in [-0.25, -0.2) is 0 Å². The highest BCUT2D eigenvalue weighted by Gasteiger charge is 2.42. The SMILES string of the molecule is C=C/C=C\[C@H](C)[C@H](O[Si](CC)(CC)CC)[C@@H](C)[C@@H]1O[C@H](c2ccc(OC)cc2)OC[C@@H]1C. The standard InChI is InChI=1S/C27H44O4Si/c1-9-13-14-20(5)26(31-32(10-2,11-3)12-4)22(7)25-21(6)19-29-27(30-25)23-15-17-24(28-8)18-16-23/h9,13-18,20-22,25-27H,1,10-12,19H2,2-8H3/b14-13-/t20-,21-,22-,25+,26-,27+/m0/s1. The van der Waals surface area contributed by atoms with E-state index in [4.69, 9.17) is 18.6 Å². The lowest BCUT2D eigenvalue weighted by atomic mass is 9.83. The molecule has 1 aliphatic rings. The summed E-state index contributed by atoms with van der Waals surface area (Å²) in [6.45, 7) is 18.2. The molecule has 2 rings (SSSR count). The van der Waals surface area contributed by atoms with Crippen molar-refractivity contribution in [2.75, 3.05) is 13.7 Å². The number of allylic oxidation sites excluding steroid dienone is 2. The molecule has 1 aliphatic heterocycles. The number of ether oxygens (including phenoxy) is 3. The van der Waals surface area contributed by atoms with Gasteiger partial charge in [-0.2, -0.15) is 0 Å². The van der Waals surface area contributed by atoms with Crippen molar-refractivity contribution in [3.05, 3.63) is 54.6 Å². The third-order valence-corrected chi connectivity index (χ3v) is 11.8. The van der Waals surface area contributed by atoms with Crippen LogP contribution in [0.1, 0.15) is 53.4 Å². The fraction of sp³-hybridized carbons (Fsp3) is 0.630. The summed E-state index contributed by atoms with van der Waals surface area (Å²) in [5.41, 5.74) is 1.02. The topological polar surface area (TPSA) is 36.9 Å². The number of hydrogen-bond acceptors (Lipinski definition) is 4. The molecule has 0 aromatic heterocycles. The fourth-order valence-corrected chi connectivity index (χ4v) is 7.77. The first-order valence-electron chi connectivity index (χ1n) is 12.2. The molecule has 0 aliphatic carbocycles. The summed E-state index contributed by atoms with van der Waals surface area (Å²) in [6.07, 6.45) is 5.89. The first kappa shape index (κ1) is 26.8. The second kappa shape index (κ2) is 12.7. The van der Waals surface area contributed by atoms with E-state index in [-0.39, 0.29) is 30.3 Å². The van der Waals surface area contributed by atoms with E-state index in [0.29, 0.717) is 12.5 Å². The van der Waals surface area contributed by atoms with Gasteiger partial charge in [-0.15, -0.1) is 0 Å². The predicted octanol–water partition coefficient (Wildman–Crippen LogP) is 7.15. The van der Waals surface area contributed by atoms with Gasteiger partial charge in [0.25, 0.3) is 0 Å². The first-order valence-corrected chi connectivity index (χ1v) is 14.8. The van der Waals surface area contributed by atoms with E-state index in [2.05, 4.69) is 54.2 Å². The van der Waals surface area contributed by atoms with Crippen molar-refractivity contribution < 1.29 is 18.6 Å². The van der Waals surface area contributed by atoms with Crippen LogP contribution in [0.15, 0.2) is 49.1 Å². The Kier molecular flexibility index (Phi) is 10.7. The van der Waals surface area contributed by atoms with Crippen molar-refractivity contribution in [2.24, 2.45) is 17.8 Å². The van der Waals surface area contributed by atoms with Crippen LogP contribution in [-0.4, -0.2) is 34.2 Å². The van der Waals surface area contributed by atoms with E-state index in [0.717, 1.165) is 29.4 Å². The van der Waals surface area contributed by atoms with E-state index < -0.39 is 8.32 Å². The smallest absolute Gasteiger partial charge is 0.192 e. The van der Waals surface area contributed by atoms with Gasteiger partial charge in [0.2, 0.25) is 0 Å². The Balaban J connectivity index is 2.28. The normalized spacial score (nSPS) is 24.8. The molecule has 0 amide bonds. The summed E-state index contributed by atoms with van der Waals surface area (Å²) in [5.74, 6) is 1.63. The monoisotopic (exact) mass is 460 g/mol. The van der Waals surface area contributed by atoms with Crippen LogP contribution in [0.4, 0.5) is 0 Å². The van der Waals surface area contributed by atoms with Crippen molar-refractivity contribution in [2.45, 2.75) is 78.2 Å². The van der Waals surface area contributed by atoms with Gasteiger partial charge in [0.05, 0.1) is 25.9 Å². The van der Waals surface area contributed by atoms with Crippen LogP contribution in [0.3, 0.4) is 0 Å². The average molecular weight is 461 g/mol. The lowest BCUT2D eigenvalue weighted by Gasteiger charge is -2.44. The third kappa shape index (κ3) is 6.57. The minimum Gasteiger partial charge on any atom is -0.497 e. The number of methoxy groups -OCH3 is 1. The van der Waals surface area contributed by atoms with Gasteiger partial charge < -0.3 is 18.6 Å². The van der Waals surface area contributed by atoms with E-state index >= 15 is 0 Å². The van der Waals surface area contributed by atoms with E-state index in [1.165, 1.54) is 0 Å². The predicted molar refractivity (Wildman–Crippen MR) is 135 cm³/mol. The maximum absolute atomic E-state index is 7.10. The molecule has 0 unspecified atom stereocenters. The molecule has 180 valence electrons. The van der Waals surface area contributed by atoms with Gasteiger partial charge in [0.15, 0.2) is 14.6 Å². The van der Waals surface area contributed by atoms with Crippen LogP contribution in [-0.2, 0) is 13.9 Å². The van der Waals surface area contributed by atoms with Crippen LogP contribution in [0.5, 0.6) is 5.75 Å². The molecule has 32 heavy (non-hydrogen) atoms. The Hall–Kier alpha value is -1.40. The average Bonchev–Trinajstić information content (AvgIpc) is 2.84. The van der Waals surface area contributed by atoms with Crippen molar-refractivity contribution in [3.8, 4) is 5.75 Å². The Labute approximate surface area is 197 Å². The largest absolute Gasteiger partial charge is 0.497 e. The maximum atomic E-state index is 7.10. The maximum Gasteiger partial charge on any atom is 0.192 e. The molecule has 4 nitrogen and oxygen atoms in total. The van der Waals surface area contributed by atoms with Crippen LogP contribution >= 0.6 is 0 Å². The molecule has 6 atom stereocenters. The summed E-state index contributed by atoms with van der Waals surface area (Å²) >= 11 is 0. The van der Waals surface area contributed by atoms with Crippen LogP contribution < -0.4 is 4.74 Å². The highest BCUT2D eigenvalue weighted by atomic mass is 28.4. The van der Waals surface area contributed by atoms with Gasteiger partial charge in [-0.05, 0) is 36.2 Å². The third-order valence-electron chi connectivity index (χ3n) is 7.16. The quantitative estimate of drug-likeness (QED) is 0.245. The molecule has 1 aromatic rings. The summed E-state index contributed by atoms with van der Waals surface area (Å²) < 4.78 is 25.1. The molecule has 0 bridgehead atoms. The van der Waals surface area contributed by atoms with Crippen molar-refractivity contribution >= 4 is 8.32 Å². The number of rotatable bonds is 12. The molecule has 0 N–H and O–H groups in total. The molecule has 1 aromatic carbocycles. The summed E-state index contributed by atoms with van der Waals surface area (Å²) in [7, 11) is -0.106. The molecular weight excluding hydrogens is 416 g/mol. The van der Waals surface area contributed by atoms with Crippen molar-refractivity contribution in [1.29, 1.82) is 0 Å². The zero-order chi connectivity index (χ0) is 23.7. The molecule has 0 saturated carbocycles. The zero-order valence-corrected chi connectivity index (χ0v) is 22.2. The lowest BCUT2D eigenvalue weighted by molar-refractivity contribution is -0.256. The molecule has 0 radical (unpaired) electrons. The molecule has 1 heterocycles. The Morgan fingerprint density at radius 2 is 1.75 bits per heavy atom. The Bertz CT molecular complexity index is 705. The highest BCUT2D eigenvalue weighted by Crippen LogP contribution is 2.38. The van der Waals surface area contributed by atoms with Crippen LogP contribution in [0.2, 0.25) is 18.1 Å². The van der Waals surface area contributed by atoms with Crippen molar-refractivity contribution in [1.82, 2.24) is 0 Å². The lowest BCUT2D eigenvalue weighted by Crippen LogP contribution is -2.50. The Morgan fingerprint density at radius 1 is 1.12 bits per heavy atom. The number of hydrogen-bond donors (Lipinski definition) is 0. The van der Waals surface area contributed by atoms with E-state index in [9.17, 15) is 0 Å². The molecule has 1 fully saturated rings. The molecular formula is C27H44O4Si. The fourth-order valence-electron chi connectivity index (χ4n) is 4.76. The molecule has 5 heteroatoms. The summed E-state index contributed by atoms with van der Waals surface area (Å²) in [4.78, 5) is 0. The number of benzene rings is 1. The second-order valence-electron chi connectivity index (χ2n) is 9.18. The summed E-state index contributed by atoms with van der Waals surface area (Å²) in [6, 6.07) is 11.4. The van der Waals surface area contributed by atoms with Gasteiger partial charge >= 0.3 is 0 Å². The van der Waals surface area contributed by atoms with E-state index in [1.807, 2.05) is 36.4 Å². The van der Waals surface area contributed by atoms with Crippen molar-refractivity contribution in [3.63, 3.8) is 0 Å². The van der Waals surface area contributed by atoms with Crippen LogP contribution in [0.25, 0.3) is 0 Å². The van der Waals surface area contributed by atoms with Gasteiger partial charge in [0, 0.05) is 17.4 Å². The van der Waals surface area contributed by atoms with Gasteiger partial charge in [-0.1, -0.05) is 78.5 Å². The molecule has 1 saturated heterocycles.